The molecule has 0 radical (unpaired) electrons. The summed E-state index contributed by atoms with van der Waals surface area (Å²) in [6.07, 6.45) is 4.84. The molecule has 1 saturated carbocycles. The molecule has 0 atom stereocenters. The summed E-state index contributed by atoms with van der Waals surface area (Å²) in [5, 5.41) is 1.22. The molecule has 7 nitrogen and oxygen atoms in total. The first kappa shape index (κ1) is 30.8. The second-order valence-electron chi connectivity index (χ2n) is 11.8. The molecule has 4 aromatic rings. The minimum absolute atomic E-state index is 0.0593. The van der Waals surface area contributed by atoms with E-state index >= 15 is 0 Å². The van der Waals surface area contributed by atoms with Crippen molar-refractivity contribution >= 4 is 26.9 Å². The van der Waals surface area contributed by atoms with E-state index in [2.05, 4.69) is 47.1 Å². The number of hydrogen-bond donors (Lipinski definition) is 2. The zero-order valence-electron chi connectivity index (χ0n) is 24.6. The van der Waals surface area contributed by atoms with Crippen molar-refractivity contribution in [2.24, 2.45) is 0 Å². The molecule has 1 aromatic heterocycles. The van der Waals surface area contributed by atoms with Crippen LogP contribution in [-0.4, -0.2) is 60.6 Å². The average Bonchev–Trinajstić information content (AvgIpc) is 3.34. The largest absolute Gasteiger partial charge is 0.356 e. The number of carbonyl (C=O) groups is 1. The number of amides is 1. The summed E-state index contributed by atoms with van der Waals surface area (Å²) < 4.78 is 53.7. The Morgan fingerprint density at radius 1 is 0.953 bits per heavy atom. The van der Waals surface area contributed by atoms with Crippen LogP contribution >= 0.6 is 0 Å². The monoisotopic (exact) mass is 609 g/mol. The second-order valence-corrected chi connectivity index (χ2v) is 13.3. The lowest BCUT2D eigenvalue weighted by molar-refractivity contribution is -0.142. The van der Waals surface area contributed by atoms with Gasteiger partial charge >= 0.3 is 0 Å². The van der Waals surface area contributed by atoms with Crippen molar-refractivity contribution in [2.45, 2.75) is 49.6 Å². The number of nitrogens with zero attached hydrogens (tertiary/aromatic N) is 2. The molecule has 2 aliphatic rings. The van der Waals surface area contributed by atoms with Crippen LogP contribution < -0.4 is 0 Å². The van der Waals surface area contributed by atoms with Crippen molar-refractivity contribution in [1.82, 2.24) is 14.8 Å². The molecule has 6 rings (SSSR count). The van der Waals surface area contributed by atoms with Crippen molar-refractivity contribution in [3.63, 3.8) is 0 Å². The van der Waals surface area contributed by atoms with Gasteiger partial charge < -0.3 is 9.88 Å². The maximum Gasteiger partial charge on any atom is 0.261 e. The summed E-state index contributed by atoms with van der Waals surface area (Å²) in [6.45, 7) is 0.643. The first-order valence-electron chi connectivity index (χ1n) is 14.3. The number of rotatable bonds is 4. The molecule has 228 valence electrons. The predicted octanol–water partition coefficient (Wildman–Crippen LogP) is 5.80. The van der Waals surface area contributed by atoms with Gasteiger partial charge in [0.15, 0.2) is 0 Å². The lowest BCUT2D eigenvalue weighted by Gasteiger charge is -2.55. The van der Waals surface area contributed by atoms with Crippen molar-refractivity contribution in [1.29, 1.82) is 0 Å². The molecule has 1 fully saturated rings. The fourth-order valence-corrected chi connectivity index (χ4v) is 7.03. The van der Waals surface area contributed by atoms with Crippen molar-refractivity contribution in [3.8, 4) is 0 Å². The average molecular weight is 610 g/mol. The van der Waals surface area contributed by atoms with Crippen LogP contribution in [0, 0.1) is 11.6 Å². The molecule has 2 N–H and O–H groups in total. The molecular formula is C33H37F2N3O4S. The van der Waals surface area contributed by atoms with Crippen molar-refractivity contribution in [3.05, 3.63) is 107 Å². The fraction of sp³-hybridized carbons (Fsp3) is 0.364. The van der Waals surface area contributed by atoms with Gasteiger partial charge in [-0.05, 0) is 93.2 Å². The SMILES string of the molecule is CN(C)C1(c2cccc(F)c2)CCC2(CC1)c1[nH]c3ccccc3c1CCN2C(=O)Cc1ccc(F)cc1.CS(=O)(=O)O. The van der Waals surface area contributed by atoms with Crippen LogP contribution in [0.3, 0.4) is 0 Å². The number of halogens is 2. The molecule has 0 bridgehead atoms. The van der Waals surface area contributed by atoms with Crippen LogP contribution in [0.5, 0.6) is 0 Å². The Balaban J connectivity index is 0.000000682. The van der Waals surface area contributed by atoms with Gasteiger partial charge in [-0.25, -0.2) is 8.78 Å². The molecular weight excluding hydrogens is 572 g/mol. The van der Waals surface area contributed by atoms with Gasteiger partial charge in [0.1, 0.15) is 11.6 Å². The number of para-hydroxylation sites is 1. The van der Waals surface area contributed by atoms with E-state index in [0.29, 0.717) is 12.8 Å². The molecule has 0 unspecified atom stereocenters. The summed E-state index contributed by atoms with van der Waals surface area (Å²) >= 11 is 0. The van der Waals surface area contributed by atoms with Gasteiger partial charge in [-0.3, -0.25) is 14.2 Å². The van der Waals surface area contributed by atoms with Crippen LogP contribution in [0.2, 0.25) is 0 Å². The number of nitrogens with one attached hydrogen (secondary N) is 1. The number of carbonyl (C=O) groups excluding carboxylic acids is 1. The maximum absolute atomic E-state index is 14.3. The number of H-pyrrole nitrogens is 1. The van der Waals surface area contributed by atoms with E-state index in [1.807, 2.05) is 12.1 Å². The lowest BCUT2D eigenvalue weighted by atomic mass is 9.65. The summed E-state index contributed by atoms with van der Waals surface area (Å²) in [4.78, 5) is 21.9. The van der Waals surface area contributed by atoms with Gasteiger partial charge in [-0.2, -0.15) is 8.42 Å². The molecule has 1 aliphatic carbocycles. The summed E-state index contributed by atoms with van der Waals surface area (Å²) in [5.41, 5.74) is 4.54. The van der Waals surface area contributed by atoms with Gasteiger partial charge in [0.05, 0.1) is 18.2 Å². The quantitative estimate of drug-likeness (QED) is 0.285. The third-order valence-electron chi connectivity index (χ3n) is 9.07. The van der Waals surface area contributed by atoms with Gasteiger partial charge in [-0.15, -0.1) is 0 Å². The van der Waals surface area contributed by atoms with Crippen LogP contribution in [0.15, 0.2) is 72.8 Å². The third kappa shape index (κ3) is 6.23. The molecule has 43 heavy (non-hydrogen) atoms. The van der Waals surface area contributed by atoms with Crippen LogP contribution in [0.25, 0.3) is 10.9 Å². The zero-order valence-corrected chi connectivity index (χ0v) is 25.4. The predicted molar refractivity (Wildman–Crippen MR) is 163 cm³/mol. The second kappa shape index (κ2) is 11.8. The van der Waals surface area contributed by atoms with E-state index < -0.39 is 15.7 Å². The normalized spacial score (nSPS) is 21.9. The highest BCUT2D eigenvalue weighted by Crippen LogP contribution is 2.53. The highest BCUT2D eigenvalue weighted by Gasteiger charge is 2.52. The van der Waals surface area contributed by atoms with Gasteiger partial charge in [0.25, 0.3) is 10.1 Å². The zero-order chi connectivity index (χ0) is 31.0. The topological polar surface area (TPSA) is 93.7 Å². The Bertz CT molecular complexity index is 1720. The number of hydrogen-bond acceptors (Lipinski definition) is 4. The lowest BCUT2D eigenvalue weighted by Crippen LogP contribution is -2.58. The third-order valence-corrected chi connectivity index (χ3v) is 9.07. The molecule has 10 heteroatoms. The van der Waals surface area contributed by atoms with Crippen molar-refractivity contribution in [2.75, 3.05) is 26.9 Å². The van der Waals surface area contributed by atoms with Crippen molar-refractivity contribution < 1.29 is 26.5 Å². The Hall–Kier alpha value is -3.60. The van der Waals surface area contributed by atoms with E-state index in [9.17, 15) is 22.0 Å². The first-order valence-corrected chi connectivity index (χ1v) is 16.2. The van der Waals surface area contributed by atoms with E-state index in [-0.39, 0.29) is 29.5 Å². The Morgan fingerprint density at radius 2 is 1.60 bits per heavy atom. The Morgan fingerprint density at radius 3 is 2.23 bits per heavy atom. The molecule has 1 aliphatic heterocycles. The van der Waals surface area contributed by atoms with E-state index in [1.165, 1.54) is 29.1 Å². The molecule has 1 amide bonds. The minimum atomic E-state index is -3.67. The Labute approximate surface area is 251 Å². The number of aromatic amines is 1. The van der Waals surface area contributed by atoms with E-state index in [4.69, 9.17) is 4.55 Å². The number of fused-ring (bicyclic) bond motifs is 4. The standard InChI is InChI=1S/C32H33F2N3O.CH4O3S/c1-36(2)31(23-6-5-7-25(34)21-23)15-17-32(18-16-31)30-27(26-8-3-4-9-28(26)35-30)14-19-37(32)29(38)20-22-10-12-24(33)13-11-22;1-5(2,3)4/h3-13,21,35H,14-20H2,1-2H3;1H3,(H,2,3,4). The number of aromatic nitrogens is 1. The smallest absolute Gasteiger partial charge is 0.261 e. The Kier molecular flexibility index (Phi) is 8.48. The molecule has 3 aromatic carbocycles. The molecule has 1 spiro atoms. The van der Waals surface area contributed by atoms with E-state index in [1.54, 1.807) is 24.3 Å². The number of benzene rings is 3. The highest BCUT2D eigenvalue weighted by molar-refractivity contribution is 7.85. The van der Waals surface area contributed by atoms with Gasteiger partial charge in [0.2, 0.25) is 5.91 Å². The van der Waals surface area contributed by atoms with E-state index in [0.717, 1.165) is 54.4 Å². The van der Waals surface area contributed by atoms with Crippen LogP contribution in [0.1, 0.15) is 48.1 Å². The maximum atomic E-state index is 14.3. The van der Waals surface area contributed by atoms with Crippen LogP contribution in [-0.2, 0) is 38.8 Å². The summed E-state index contributed by atoms with van der Waals surface area (Å²) in [6, 6.07) is 21.5. The summed E-state index contributed by atoms with van der Waals surface area (Å²) in [5.74, 6) is -0.470. The fourth-order valence-electron chi connectivity index (χ4n) is 7.03. The molecule has 0 saturated heterocycles. The summed E-state index contributed by atoms with van der Waals surface area (Å²) in [7, 11) is 0.463. The van der Waals surface area contributed by atoms with Gasteiger partial charge in [-0.1, -0.05) is 42.5 Å². The first-order chi connectivity index (χ1) is 20.3. The van der Waals surface area contributed by atoms with Gasteiger partial charge in [0, 0.05) is 28.7 Å². The minimum Gasteiger partial charge on any atom is -0.356 e. The van der Waals surface area contributed by atoms with Crippen LogP contribution in [0.4, 0.5) is 8.78 Å². The highest BCUT2D eigenvalue weighted by atomic mass is 32.2. The molecule has 2 heterocycles.